The Morgan fingerprint density at radius 1 is 0.974 bits per heavy atom. The van der Waals surface area contributed by atoms with Gasteiger partial charge in [-0.05, 0) is 94.0 Å². The molecular formula is C30H34F2N6O. The normalized spacial score (nSPS) is 17.7. The number of hydrogen-bond acceptors (Lipinski definition) is 6. The van der Waals surface area contributed by atoms with Crippen molar-refractivity contribution in [3.05, 3.63) is 59.9 Å². The van der Waals surface area contributed by atoms with Crippen LogP contribution in [0.1, 0.15) is 42.7 Å². The Kier molecular flexibility index (Phi) is 7.52. The first kappa shape index (κ1) is 25.8. The Morgan fingerprint density at radius 2 is 1.72 bits per heavy atom. The van der Waals surface area contributed by atoms with Gasteiger partial charge >= 0.3 is 0 Å². The molecule has 4 aromatic rings. The molecule has 4 heterocycles. The van der Waals surface area contributed by atoms with Crippen LogP contribution in [0.4, 0.5) is 8.78 Å². The van der Waals surface area contributed by atoms with E-state index in [1.165, 1.54) is 5.56 Å². The summed E-state index contributed by atoms with van der Waals surface area (Å²) in [6, 6.07) is 14.6. The highest BCUT2D eigenvalue weighted by molar-refractivity contribution is 5.89. The third-order valence-corrected chi connectivity index (χ3v) is 7.95. The van der Waals surface area contributed by atoms with E-state index in [1.807, 2.05) is 17.0 Å². The lowest BCUT2D eigenvalue weighted by Gasteiger charge is -2.31. The minimum absolute atomic E-state index is 0.127. The topological polar surface area (TPSA) is 79.0 Å². The fraction of sp³-hybridized carbons (Fsp3) is 0.433. The van der Waals surface area contributed by atoms with E-state index >= 15 is 0 Å². The van der Waals surface area contributed by atoms with E-state index < -0.39 is 6.43 Å². The maximum absolute atomic E-state index is 12.7. The fourth-order valence-corrected chi connectivity index (χ4v) is 5.76. The van der Waals surface area contributed by atoms with Gasteiger partial charge in [-0.25, -0.2) is 23.7 Å². The number of piperidine rings is 2. The highest BCUT2D eigenvalue weighted by Gasteiger charge is 2.23. The maximum Gasteiger partial charge on any atom is 0.251 e. The summed E-state index contributed by atoms with van der Waals surface area (Å²) in [5, 5.41) is 3.37. The average Bonchev–Trinajstić information content (AvgIpc) is 3.40. The number of aryl methyl sites for hydroxylation is 1. The van der Waals surface area contributed by atoms with Gasteiger partial charge in [-0.1, -0.05) is 24.3 Å². The quantitative estimate of drug-likeness (QED) is 0.324. The Morgan fingerprint density at radius 3 is 2.44 bits per heavy atom. The predicted molar refractivity (Wildman–Crippen MR) is 148 cm³/mol. The third-order valence-electron chi connectivity index (χ3n) is 7.95. The zero-order valence-corrected chi connectivity index (χ0v) is 22.2. The molecule has 9 heteroatoms. The largest absolute Gasteiger partial charge is 0.490 e. The standard InChI is InChI=1S/C30H34F2N6O/c1-19-16-23(6-7-25(19)39-24-8-12-33-13-9-24)27-28-30(35-18-34-27)37-29(36-28)22-4-2-20(3-5-22)21-10-14-38(15-11-21)17-26(31)32/h2-7,16,18,21,24,26,33H,8-15,17H2,1H3,(H,34,35,36,37). The Hall–Kier alpha value is -3.43. The highest BCUT2D eigenvalue weighted by Crippen LogP contribution is 2.33. The van der Waals surface area contributed by atoms with Crippen molar-refractivity contribution in [2.45, 2.75) is 51.1 Å². The number of halogens is 2. The molecule has 2 fully saturated rings. The van der Waals surface area contributed by atoms with Crippen molar-refractivity contribution in [3.8, 4) is 28.4 Å². The van der Waals surface area contributed by atoms with Crippen molar-refractivity contribution in [2.75, 3.05) is 32.7 Å². The molecule has 0 unspecified atom stereocenters. The van der Waals surface area contributed by atoms with Crippen LogP contribution in [0.2, 0.25) is 0 Å². The lowest BCUT2D eigenvalue weighted by molar-refractivity contribution is 0.0754. The minimum atomic E-state index is -2.27. The van der Waals surface area contributed by atoms with Gasteiger partial charge in [0.05, 0.1) is 6.54 Å². The summed E-state index contributed by atoms with van der Waals surface area (Å²) >= 11 is 0. The molecular weight excluding hydrogens is 498 g/mol. The summed E-state index contributed by atoms with van der Waals surface area (Å²) in [7, 11) is 0. The number of likely N-dealkylation sites (tertiary alicyclic amines) is 1. The van der Waals surface area contributed by atoms with Gasteiger partial charge in [0.25, 0.3) is 6.43 Å². The summed E-state index contributed by atoms with van der Waals surface area (Å²) in [6.07, 6.45) is 3.39. The number of rotatable bonds is 7. The van der Waals surface area contributed by atoms with Crippen molar-refractivity contribution in [3.63, 3.8) is 0 Å². The van der Waals surface area contributed by atoms with Crippen LogP contribution in [0.15, 0.2) is 48.8 Å². The molecule has 2 aromatic carbocycles. The molecule has 0 saturated carbocycles. The van der Waals surface area contributed by atoms with Crippen LogP contribution in [0.5, 0.6) is 5.75 Å². The molecule has 2 aliphatic heterocycles. The molecule has 2 aliphatic rings. The second kappa shape index (κ2) is 11.4. The number of fused-ring (bicyclic) bond motifs is 1. The van der Waals surface area contributed by atoms with Crippen LogP contribution in [-0.4, -0.2) is 70.1 Å². The summed E-state index contributed by atoms with van der Waals surface area (Å²) in [6.45, 7) is 5.36. The second-order valence-corrected chi connectivity index (χ2v) is 10.6. The highest BCUT2D eigenvalue weighted by atomic mass is 19.3. The zero-order valence-electron chi connectivity index (χ0n) is 22.2. The lowest BCUT2D eigenvalue weighted by atomic mass is 9.89. The number of benzene rings is 2. The van der Waals surface area contributed by atoms with Crippen LogP contribution < -0.4 is 10.1 Å². The first-order chi connectivity index (χ1) is 19.0. The molecule has 39 heavy (non-hydrogen) atoms. The van der Waals surface area contributed by atoms with E-state index in [-0.39, 0.29) is 12.6 Å². The molecule has 0 spiro atoms. The first-order valence-corrected chi connectivity index (χ1v) is 13.8. The molecule has 0 amide bonds. The minimum Gasteiger partial charge on any atom is -0.490 e. The number of nitrogens with one attached hydrogen (secondary N) is 2. The van der Waals surface area contributed by atoms with E-state index in [9.17, 15) is 8.78 Å². The molecule has 0 atom stereocenters. The SMILES string of the molecule is Cc1cc(-c2ncnc3[nH]c(-c4ccc(C5CCN(CC(F)F)CC5)cc4)nc23)ccc1OC1CCNCC1. The lowest BCUT2D eigenvalue weighted by Crippen LogP contribution is -2.36. The molecule has 2 N–H and O–H groups in total. The van der Waals surface area contributed by atoms with Crippen LogP contribution >= 0.6 is 0 Å². The molecule has 0 bridgehead atoms. The van der Waals surface area contributed by atoms with Gasteiger partial charge < -0.3 is 15.0 Å². The maximum atomic E-state index is 12.7. The number of aromatic nitrogens is 4. The van der Waals surface area contributed by atoms with Crippen molar-refractivity contribution in [2.24, 2.45) is 0 Å². The average molecular weight is 533 g/mol. The number of nitrogens with zero attached hydrogens (tertiary/aromatic N) is 4. The molecule has 2 aromatic heterocycles. The van der Waals surface area contributed by atoms with E-state index in [2.05, 4.69) is 57.5 Å². The van der Waals surface area contributed by atoms with Crippen LogP contribution in [0, 0.1) is 6.92 Å². The number of H-pyrrole nitrogens is 1. The number of aromatic amines is 1. The van der Waals surface area contributed by atoms with Crippen molar-refractivity contribution < 1.29 is 13.5 Å². The summed E-state index contributed by atoms with van der Waals surface area (Å²) in [5.41, 5.74) is 6.47. The van der Waals surface area contributed by atoms with Crippen LogP contribution in [-0.2, 0) is 0 Å². The van der Waals surface area contributed by atoms with Gasteiger partial charge in [0.2, 0.25) is 0 Å². The fourth-order valence-electron chi connectivity index (χ4n) is 5.76. The van der Waals surface area contributed by atoms with Gasteiger partial charge in [0, 0.05) is 11.1 Å². The number of alkyl halides is 2. The van der Waals surface area contributed by atoms with Gasteiger partial charge in [0.15, 0.2) is 5.65 Å². The monoisotopic (exact) mass is 532 g/mol. The number of ether oxygens (including phenoxy) is 1. The van der Waals surface area contributed by atoms with Crippen molar-refractivity contribution >= 4 is 11.2 Å². The van der Waals surface area contributed by atoms with Crippen molar-refractivity contribution in [1.29, 1.82) is 0 Å². The zero-order chi connectivity index (χ0) is 26.8. The van der Waals surface area contributed by atoms with Crippen molar-refractivity contribution in [1.82, 2.24) is 30.2 Å². The summed E-state index contributed by atoms with van der Waals surface area (Å²) in [5.74, 6) is 2.05. The molecule has 2 saturated heterocycles. The predicted octanol–water partition coefficient (Wildman–Crippen LogP) is 5.57. The first-order valence-electron chi connectivity index (χ1n) is 13.8. The third kappa shape index (κ3) is 5.79. The smallest absolute Gasteiger partial charge is 0.251 e. The van der Waals surface area contributed by atoms with Crippen LogP contribution in [0.25, 0.3) is 33.8 Å². The Labute approximate surface area is 227 Å². The molecule has 7 nitrogen and oxygen atoms in total. The number of imidazole rings is 1. The summed E-state index contributed by atoms with van der Waals surface area (Å²) in [4.78, 5) is 19.1. The van der Waals surface area contributed by atoms with Gasteiger partial charge in [0.1, 0.15) is 35.2 Å². The Balaban J connectivity index is 1.19. The van der Waals surface area contributed by atoms with Gasteiger partial charge in [-0.15, -0.1) is 0 Å². The van der Waals surface area contributed by atoms with Gasteiger partial charge in [-0.2, -0.15) is 0 Å². The molecule has 204 valence electrons. The molecule has 0 aliphatic carbocycles. The second-order valence-electron chi connectivity index (χ2n) is 10.6. The van der Waals surface area contributed by atoms with E-state index in [0.29, 0.717) is 24.7 Å². The van der Waals surface area contributed by atoms with E-state index in [1.54, 1.807) is 6.33 Å². The van der Waals surface area contributed by atoms with E-state index in [0.717, 1.165) is 78.2 Å². The van der Waals surface area contributed by atoms with E-state index in [4.69, 9.17) is 9.72 Å². The molecule has 6 rings (SSSR count). The molecule has 0 radical (unpaired) electrons. The number of hydrogen-bond donors (Lipinski definition) is 2. The Bertz CT molecular complexity index is 1410. The summed E-state index contributed by atoms with van der Waals surface area (Å²) < 4.78 is 31.7. The van der Waals surface area contributed by atoms with Crippen LogP contribution in [0.3, 0.4) is 0 Å². The van der Waals surface area contributed by atoms with Gasteiger partial charge in [-0.3, -0.25) is 4.90 Å².